The van der Waals surface area contributed by atoms with Crippen LogP contribution in [0.4, 0.5) is 0 Å². The van der Waals surface area contributed by atoms with Crippen LogP contribution in [-0.4, -0.2) is 11.2 Å². The zero-order valence-electron chi connectivity index (χ0n) is 3.81. The normalized spacial score (nSPS) is 12.8. The van der Waals surface area contributed by atoms with E-state index in [1.54, 1.807) is 0 Å². The minimum atomic E-state index is -0.537. The van der Waals surface area contributed by atoms with E-state index >= 15 is 0 Å². The SMILES string of the molecule is C#C[C@@H](O)CC. The molecule has 0 saturated heterocycles. The molecule has 1 nitrogen and oxygen atoms in total. The molecule has 0 aromatic heterocycles. The first-order valence-electron chi connectivity index (χ1n) is 1.95. The van der Waals surface area contributed by atoms with Crippen molar-refractivity contribution in [3.05, 3.63) is 0 Å². The van der Waals surface area contributed by atoms with E-state index in [2.05, 4.69) is 5.92 Å². The maximum absolute atomic E-state index is 8.43. The molecular weight excluding hydrogens is 76.1 g/mol. The first-order chi connectivity index (χ1) is 2.81. The fourth-order valence-corrected chi connectivity index (χ4v) is 0.118. The number of hydrogen-bond acceptors (Lipinski definition) is 1. The van der Waals surface area contributed by atoms with Crippen molar-refractivity contribution in [2.45, 2.75) is 19.4 Å². The van der Waals surface area contributed by atoms with Crippen LogP contribution in [0.25, 0.3) is 0 Å². The van der Waals surface area contributed by atoms with Gasteiger partial charge in [-0.3, -0.25) is 0 Å². The van der Waals surface area contributed by atoms with Crippen molar-refractivity contribution in [3.8, 4) is 12.3 Å². The number of terminal acetylenes is 1. The number of aliphatic hydroxyl groups excluding tert-OH is 1. The molecule has 0 radical (unpaired) electrons. The second kappa shape index (κ2) is 2.74. The van der Waals surface area contributed by atoms with Gasteiger partial charge in [0.25, 0.3) is 0 Å². The first kappa shape index (κ1) is 5.52. The third-order valence-electron chi connectivity index (χ3n) is 0.579. The van der Waals surface area contributed by atoms with Crippen LogP contribution in [0.5, 0.6) is 0 Å². The Balaban J connectivity index is 3.04. The van der Waals surface area contributed by atoms with E-state index in [-0.39, 0.29) is 0 Å². The minimum absolute atomic E-state index is 0.537. The molecule has 1 heteroatoms. The van der Waals surface area contributed by atoms with Gasteiger partial charge in [0, 0.05) is 0 Å². The Labute approximate surface area is 38.0 Å². The third-order valence-corrected chi connectivity index (χ3v) is 0.579. The minimum Gasteiger partial charge on any atom is -0.380 e. The Kier molecular flexibility index (Phi) is 2.52. The van der Waals surface area contributed by atoms with Gasteiger partial charge in [-0.2, -0.15) is 0 Å². The van der Waals surface area contributed by atoms with Gasteiger partial charge in [0.05, 0.1) is 0 Å². The second-order valence-corrected chi connectivity index (χ2v) is 1.09. The molecule has 1 N–H and O–H groups in total. The zero-order valence-corrected chi connectivity index (χ0v) is 3.81. The van der Waals surface area contributed by atoms with E-state index in [4.69, 9.17) is 11.5 Å². The van der Waals surface area contributed by atoms with Gasteiger partial charge < -0.3 is 5.11 Å². The summed E-state index contributed by atoms with van der Waals surface area (Å²) in [6.45, 7) is 1.84. The summed E-state index contributed by atoms with van der Waals surface area (Å²) in [7, 11) is 0. The van der Waals surface area contributed by atoms with E-state index in [0.29, 0.717) is 6.42 Å². The molecule has 0 aliphatic carbocycles. The zero-order chi connectivity index (χ0) is 4.99. The molecular formula is C5H8O. The van der Waals surface area contributed by atoms with Crippen molar-refractivity contribution in [2.24, 2.45) is 0 Å². The van der Waals surface area contributed by atoms with Crippen LogP contribution in [0.15, 0.2) is 0 Å². The predicted molar refractivity (Wildman–Crippen MR) is 25.1 cm³/mol. The number of rotatable bonds is 1. The van der Waals surface area contributed by atoms with Crippen molar-refractivity contribution in [3.63, 3.8) is 0 Å². The molecule has 0 aromatic rings. The number of hydrogen-bond donors (Lipinski definition) is 1. The Morgan fingerprint density at radius 3 is 2.50 bits per heavy atom. The summed E-state index contributed by atoms with van der Waals surface area (Å²) in [5, 5.41) is 8.43. The lowest BCUT2D eigenvalue weighted by molar-refractivity contribution is 0.228. The van der Waals surface area contributed by atoms with E-state index in [0.717, 1.165) is 0 Å². The maximum Gasteiger partial charge on any atom is 0.114 e. The average Bonchev–Trinajstić information content (AvgIpc) is 1.65. The topological polar surface area (TPSA) is 20.2 Å². The lowest BCUT2D eigenvalue weighted by Gasteiger charge is -1.90. The second-order valence-electron chi connectivity index (χ2n) is 1.09. The molecule has 0 saturated carbocycles. The van der Waals surface area contributed by atoms with Crippen LogP contribution in [0.3, 0.4) is 0 Å². The average molecular weight is 84.1 g/mol. The molecule has 0 rings (SSSR count). The molecule has 6 heavy (non-hydrogen) atoms. The van der Waals surface area contributed by atoms with E-state index < -0.39 is 6.10 Å². The van der Waals surface area contributed by atoms with Crippen molar-refractivity contribution in [1.29, 1.82) is 0 Å². The summed E-state index contributed by atoms with van der Waals surface area (Å²) in [5.74, 6) is 2.17. The third kappa shape index (κ3) is 1.80. The van der Waals surface area contributed by atoms with Crippen LogP contribution in [0, 0.1) is 12.3 Å². The van der Waals surface area contributed by atoms with E-state index in [1.165, 1.54) is 0 Å². The van der Waals surface area contributed by atoms with Gasteiger partial charge in [0.2, 0.25) is 0 Å². The van der Waals surface area contributed by atoms with Crippen LogP contribution in [-0.2, 0) is 0 Å². The van der Waals surface area contributed by atoms with Crippen LogP contribution >= 0.6 is 0 Å². The fraction of sp³-hybridized carbons (Fsp3) is 0.600. The van der Waals surface area contributed by atoms with Crippen molar-refractivity contribution in [1.82, 2.24) is 0 Å². The maximum atomic E-state index is 8.43. The summed E-state index contributed by atoms with van der Waals surface area (Å²) in [4.78, 5) is 0. The highest BCUT2D eigenvalue weighted by Gasteiger charge is 1.86. The summed E-state index contributed by atoms with van der Waals surface area (Å²) in [5.41, 5.74) is 0. The molecule has 0 aromatic carbocycles. The van der Waals surface area contributed by atoms with Crippen molar-refractivity contribution in [2.75, 3.05) is 0 Å². The monoisotopic (exact) mass is 84.1 g/mol. The van der Waals surface area contributed by atoms with Gasteiger partial charge in [-0.05, 0) is 6.42 Å². The smallest absolute Gasteiger partial charge is 0.114 e. The highest BCUT2D eigenvalue weighted by atomic mass is 16.3. The standard InChI is InChI=1S/C5H8O/c1-3-5(6)4-2/h1,5-6H,4H2,2H3/t5-/m1/s1. The lowest BCUT2D eigenvalue weighted by Crippen LogP contribution is -1.97. The Bertz CT molecular complexity index is 60.8. The highest BCUT2D eigenvalue weighted by molar-refractivity contribution is 4.91. The summed E-state index contributed by atoms with van der Waals surface area (Å²) >= 11 is 0. The number of aliphatic hydroxyl groups is 1. The van der Waals surface area contributed by atoms with Gasteiger partial charge >= 0.3 is 0 Å². The Morgan fingerprint density at radius 2 is 2.50 bits per heavy atom. The molecule has 0 bridgehead atoms. The van der Waals surface area contributed by atoms with Gasteiger partial charge in [-0.15, -0.1) is 6.42 Å². The quantitative estimate of drug-likeness (QED) is 0.456. The van der Waals surface area contributed by atoms with Crippen molar-refractivity contribution < 1.29 is 5.11 Å². The van der Waals surface area contributed by atoms with Gasteiger partial charge in [0.15, 0.2) is 0 Å². The Hall–Kier alpha value is -0.480. The summed E-state index contributed by atoms with van der Waals surface area (Å²) < 4.78 is 0. The molecule has 1 atom stereocenters. The summed E-state index contributed by atoms with van der Waals surface area (Å²) in [6.07, 6.45) is 4.89. The molecule has 0 heterocycles. The van der Waals surface area contributed by atoms with Crippen LogP contribution in [0.1, 0.15) is 13.3 Å². The molecule has 0 aliphatic rings. The predicted octanol–water partition coefficient (Wildman–Crippen LogP) is 0.391. The largest absolute Gasteiger partial charge is 0.380 e. The van der Waals surface area contributed by atoms with Gasteiger partial charge in [-0.1, -0.05) is 12.8 Å². The fourth-order valence-electron chi connectivity index (χ4n) is 0.118. The van der Waals surface area contributed by atoms with Crippen LogP contribution in [0.2, 0.25) is 0 Å². The molecule has 0 fully saturated rings. The van der Waals surface area contributed by atoms with Gasteiger partial charge in [0.1, 0.15) is 6.10 Å². The molecule has 0 aliphatic heterocycles. The van der Waals surface area contributed by atoms with Crippen LogP contribution < -0.4 is 0 Å². The molecule has 0 amide bonds. The van der Waals surface area contributed by atoms with Crippen molar-refractivity contribution >= 4 is 0 Å². The summed E-state index contributed by atoms with van der Waals surface area (Å²) in [6, 6.07) is 0. The highest BCUT2D eigenvalue weighted by Crippen LogP contribution is 1.82. The Morgan fingerprint density at radius 1 is 2.00 bits per heavy atom. The van der Waals surface area contributed by atoms with E-state index in [1.807, 2.05) is 6.92 Å². The van der Waals surface area contributed by atoms with E-state index in [9.17, 15) is 0 Å². The molecule has 34 valence electrons. The molecule has 0 spiro atoms. The lowest BCUT2D eigenvalue weighted by atomic mass is 10.3. The molecule has 0 unspecified atom stereocenters. The van der Waals surface area contributed by atoms with Gasteiger partial charge in [-0.25, -0.2) is 0 Å². The first-order valence-corrected chi connectivity index (χ1v) is 1.95.